The highest BCUT2D eigenvalue weighted by molar-refractivity contribution is 5.76. The number of rotatable bonds is 3. The van der Waals surface area contributed by atoms with Crippen molar-refractivity contribution >= 4 is 5.91 Å². The molecule has 22 heavy (non-hydrogen) atoms. The molecule has 0 spiro atoms. The third kappa shape index (κ3) is 3.05. The molecule has 5 nitrogen and oxygen atoms in total. The lowest BCUT2D eigenvalue weighted by Crippen LogP contribution is -2.33. The summed E-state index contributed by atoms with van der Waals surface area (Å²) >= 11 is 0. The molecule has 2 fully saturated rings. The molecule has 2 aliphatic heterocycles. The SMILES string of the molecule is Cc1nn(C)c(C)c1CCC(=O)N1CC[C@@H]2CNC[C@@H]2CC1. The molecule has 1 aromatic heterocycles. The molecule has 2 aliphatic rings. The summed E-state index contributed by atoms with van der Waals surface area (Å²) in [5.41, 5.74) is 3.48. The van der Waals surface area contributed by atoms with Crippen LogP contribution in [0.3, 0.4) is 0 Å². The maximum absolute atomic E-state index is 12.6. The third-order valence-corrected chi connectivity index (χ3v) is 5.62. The molecule has 3 heterocycles. The molecule has 2 atom stereocenters. The van der Waals surface area contributed by atoms with Crippen molar-refractivity contribution in [2.45, 2.75) is 39.5 Å². The predicted molar refractivity (Wildman–Crippen MR) is 86.7 cm³/mol. The van der Waals surface area contributed by atoms with Crippen LogP contribution in [0.2, 0.25) is 0 Å². The van der Waals surface area contributed by atoms with Crippen LogP contribution < -0.4 is 5.32 Å². The van der Waals surface area contributed by atoms with Gasteiger partial charge < -0.3 is 10.2 Å². The van der Waals surface area contributed by atoms with Crippen molar-refractivity contribution < 1.29 is 4.79 Å². The molecule has 2 saturated heterocycles. The Morgan fingerprint density at radius 3 is 2.41 bits per heavy atom. The Morgan fingerprint density at radius 2 is 1.86 bits per heavy atom. The van der Waals surface area contributed by atoms with Crippen LogP contribution in [0.1, 0.15) is 36.2 Å². The summed E-state index contributed by atoms with van der Waals surface area (Å²) < 4.78 is 1.91. The second kappa shape index (κ2) is 6.41. The van der Waals surface area contributed by atoms with E-state index in [0.717, 1.165) is 63.0 Å². The summed E-state index contributed by atoms with van der Waals surface area (Å²) in [6.07, 6.45) is 3.75. The Labute approximate surface area is 133 Å². The number of nitrogens with one attached hydrogen (secondary N) is 1. The van der Waals surface area contributed by atoms with E-state index in [2.05, 4.69) is 22.2 Å². The van der Waals surface area contributed by atoms with Crippen molar-refractivity contribution in [1.29, 1.82) is 0 Å². The molecule has 0 saturated carbocycles. The van der Waals surface area contributed by atoms with E-state index >= 15 is 0 Å². The molecule has 0 aliphatic carbocycles. The van der Waals surface area contributed by atoms with Crippen LogP contribution in [0.15, 0.2) is 0 Å². The first-order valence-corrected chi connectivity index (χ1v) is 8.54. The molecular formula is C17H28N4O. The molecule has 122 valence electrons. The first kappa shape index (κ1) is 15.5. The fourth-order valence-electron chi connectivity index (χ4n) is 4.04. The molecule has 0 unspecified atom stereocenters. The molecule has 0 radical (unpaired) electrons. The minimum absolute atomic E-state index is 0.315. The number of carbonyl (C=O) groups is 1. The number of hydrogen-bond donors (Lipinski definition) is 1. The number of aryl methyl sites for hydroxylation is 2. The molecule has 1 aromatic rings. The lowest BCUT2D eigenvalue weighted by molar-refractivity contribution is -0.131. The fraction of sp³-hybridized carbons (Fsp3) is 0.765. The first-order chi connectivity index (χ1) is 10.6. The van der Waals surface area contributed by atoms with Gasteiger partial charge in [-0.15, -0.1) is 0 Å². The number of likely N-dealkylation sites (tertiary alicyclic amines) is 1. The Hall–Kier alpha value is -1.36. The van der Waals surface area contributed by atoms with Gasteiger partial charge in [-0.1, -0.05) is 0 Å². The standard InChI is InChI=1S/C17H28N4O/c1-12-16(13(2)20(3)19-12)4-5-17(22)21-8-6-14-10-18-11-15(14)7-9-21/h14-15,18H,4-11H2,1-3H3/t14-,15+. The first-order valence-electron chi connectivity index (χ1n) is 8.54. The van der Waals surface area contributed by atoms with Crippen molar-refractivity contribution in [3.05, 3.63) is 17.0 Å². The number of nitrogens with zero attached hydrogens (tertiary/aromatic N) is 3. The molecule has 1 amide bonds. The third-order valence-electron chi connectivity index (χ3n) is 5.62. The maximum atomic E-state index is 12.6. The topological polar surface area (TPSA) is 50.2 Å². The number of fused-ring (bicyclic) bond motifs is 1. The Bertz CT molecular complexity index is 537. The Kier molecular flexibility index (Phi) is 4.52. The summed E-state index contributed by atoms with van der Waals surface area (Å²) in [6, 6.07) is 0. The molecule has 0 bridgehead atoms. The van der Waals surface area contributed by atoms with Crippen LogP contribution in [0.4, 0.5) is 0 Å². The molecule has 0 aromatic carbocycles. The summed E-state index contributed by atoms with van der Waals surface area (Å²) in [5, 5.41) is 7.92. The summed E-state index contributed by atoms with van der Waals surface area (Å²) in [5.74, 6) is 1.87. The lowest BCUT2D eigenvalue weighted by Gasteiger charge is -2.21. The fourth-order valence-corrected chi connectivity index (χ4v) is 4.04. The quantitative estimate of drug-likeness (QED) is 0.919. The van der Waals surface area contributed by atoms with Gasteiger partial charge >= 0.3 is 0 Å². The van der Waals surface area contributed by atoms with E-state index < -0.39 is 0 Å². The van der Waals surface area contributed by atoms with Crippen LogP contribution in [0.5, 0.6) is 0 Å². The summed E-state index contributed by atoms with van der Waals surface area (Å²) in [7, 11) is 1.97. The van der Waals surface area contributed by atoms with Gasteiger partial charge in [-0.05, 0) is 63.6 Å². The molecule has 1 N–H and O–H groups in total. The number of hydrogen-bond acceptors (Lipinski definition) is 3. The smallest absolute Gasteiger partial charge is 0.222 e. The van der Waals surface area contributed by atoms with Crippen LogP contribution in [0, 0.1) is 25.7 Å². The minimum atomic E-state index is 0.315. The van der Waals surface area contributed by atoms with Crippen molar-refractivity contribution in [3.63, 3.8) is 0 Å². The average Bonchev–Trinajstić information content (AvgIpc) is 2.96. The van der Waals surface area contributed by atoms with E-state index in [1.807, 2.05) is 18.7 Å². The van der Waals surface area contributed by atoms with Crippen LogP contribution in [-0.4, -0.2) is 46.8 Å². The Morgan fingerprint density at radius 1 is 1.23 bits per heavy atom. The van der Waals surface area contributed by atoms with Crippen LogP contribution in [0.25, 0.3) is 0 Å². The molecule has 5 heteroatoms. The van der Waals surface area contributed by atoms with E-state index in [-0.39, 0.29) is 0 Å². The van der Waals surface area contributed by atoms with Crippen molar-refractivity contribution in [2.75, 3.05) is 26.2 Å². The van der Waals surface area contributed by atoms with Gasteiger partial charge in [-0.25, -0.2) is 0 Å². The molecular weight excluding hydrogens is 276 g/mol. The monoisotopic (exact) mass is 304 g/mol. The zero-order chi connectivity index (χ0) is 15.7. The largest absolute Gasteiger partial charge is 0.343 e. The van der Waals surface area contributed by atoms with Crippen LogP contribution in [-0.2, 0) is 18.3 Å². The highest BCUT2D eigenvalue weighted by Gasteiger charge is 2.31. The summed E-state index contributed by atoms with van der Waals surface area (Å²) in [6.45, 7) is 8.27. The second-order valence-corrected chi connectivity index (χ2v) is 6.91. The van der Waals surface area contributed by atoms with E-state index in [1.165, 1.54) is 11.3 Å². The maximum Gasteiger partial charge on any atom is 0.222 e. The van der Waals surface area contributed by atoms with E-state index in [0.29, 0.717) is 12.3 Å². The summed E-state index contributed by atoms with van der Waals surface area (Å²) in [4.78, 5) is 14.7. The predicted octanol–water partition coefficient (Wildman–Crippen LogP) is 1.43. The zero-order valence-corrected chi connectivity index (χ0v) is 14.1. The normalized spacial score (nSPS) is 25.1. The zero-order valence-electron chi connectivity index (χ0n) is 14.1. The van der Waals surface area contributed by atoms with E-state index in [1.54, 1.807) is 0 Å². The van der Waals surface area contributed by atoms with Gasteiger partial charge in [0.1, 0.15) is 0 Å². The average molecular weight is 304 g/mol. The van der Waals surface area contributed by atoms with Gasteiger partial charge in [-0.3, -0.25) is 9.48 Å². The Balaban J connectivity index is 1.55. The molecule has 3 rings (SSSR count). The highest BCUT2D eigenvalue weighted by Crippen LogP contribution is 2.27. The van der Waals surface area contributed by atoms with Gasteiger partial charge in [0.2, 0.25) is 5.91 Å². The second-order valence-electron chi connectivity index (χ2n) is 6.91. The lowest BCUT2D eigenvalue weighted by atomic mass is 9.92. The van der Waals surface area contributed by atoms with Gasteiger partial charge in [-0.2, -0.15) is 5.10 Å². The van der Waals surface area contributed by atoms with Crippen molar-refractivity contribution in [3.8, 4) is 0 Å². The van der Waals surface area contributed by atoms with Gasteiger partial charge in [0.05, 0.1) is 5.69 Å². The number of amides is 1. The van der Waals surface area contributed by atoms with Gasteiger partial charge in [0, 0.05) is 32.3 Å². The van der Waals surface area contributed by atoms with Crippen molar-refractivity contribution in [1.82, 2.24) is 20.0 Å². The minimum Gasteiger partial charge on any atom is -0.343 e. The van der Waals surface area contributed by atoms with Crippen molar-refractivity contribution in [2.24, 2.45) is 18.9 Å². The number of aromatic nitrogens is 2. The highest BCUT2D eigenvalue weighted by atomic mass is 16.2. The number of carbonyl (C=O) groups excluding carboxylic acids is 1. The van der Waals surface area contributed by atoms with E-state index in [9.17, 15) is 4.79 Å². The van der Waals surface area contributed by atoms with Gasteiger partial charge in [0.25, 0.3) is 0 Å². The van der Waals surface area contributed by atoms with Gasteiger partial charge in [0.15, 0.2) is 0 Å². The van der Waals surface area contributed by atoms with E-state index in [4.69, 9.17) is 0 Å². The van der Waals surface area contributed by atoms with Crippen LogP contribution >= 0.6 is 0 Å².